The van der Waals surface area contributed by atoms with E-state index in [9.17, 15) is 9.59 Å². The van der Waals surface area contributed by atoms with Gasteiger partial charge in [0, 0.05) is 17.1 Å². The first kappa shape index (κ1) is 16.6. The number of primary amides is 1. The molecule has 3 aromatic rings. The molecule has 0 radical (unpaired) electrons. The maximum atomic E-state index is 12.0. The number of carbonyl (C=O) groups is 2. The zero-order valence-corrected chi connectivity index (χ0v) is 13.8. The van der Waals surface area contributed by atoms with Gasteiger partial charge < -0.3 is 19.8 Å². The number of rotatable bonds is 7. The Labute approximate surface area is 144 Å². The average molecular weight is 338 g/mol. The summed E-state index contributed by atoms with van der Waals surface area (Å²) in [7, 11) is 1.61. The van der Waals surface area contributed by atoms with Gasteiger partial charge >= 0.3 is 0 Å². The number of para-hydroxylation sites is 1. The molecule has 0 aliphatic carbocycles. The molecule has 1 heterocycles. The van der Waals surface area contributed by atoms with Crippen LogP contribution < -0.4 is 15.2 Å². The highest BCUT2D eigenvalue weighted by Crippen LogP contribution is 2.22. The van der Waals surface area contributed by atoms with Crippen LogP contribution in [0.4, 0.5) is 0 Å². The van der Waals surface area contributed by atoms with Crippen LogP contribution in [-0.4, -0.2) is 30.0 Å². The summed E-state index contributed by atoms with van der Waals surface area (Å²) in [6, 6.07) is 14.7. The largest absolute Gasteiger partial charge is 0.497 e. The fraction of sp³-hybridized carbons (Fsp3) is 0.158. The van der Waals surface area contributed by atoms with E-state index < -0.39 is 11.7 Å². The maximum Gasteiger partial charge on any atom is 0.289 e. The molecule has 6 heteroatoms. The van der Waals surface area contributed by atoms with Crippen LogP contribution in [-0.2, 0) is 11.3 Å². The van der Waals surface area contributed by atoms with Gasteiger partial charge in [0.2, 0.25) is 0 Å². The van der Waals surface area contributed by atoms with Crippen molar-refractivity contribution in [2.45, 2.75) is 6.54 Å². The Morgan fingerprint density at radius 1 is 1.04 bits per heavy atom. The van der Waals surface area contributed by atoms with Gasteiger partial charge in [-0.25, -0.2) is 0 Å². The normalized spacial score (nSPS) is 10.6. The maximum absolute atomic E-state index is 12.0. The molecule has 0 fully saturated rings. The summed E-state index contributed by atoms with van der Waals surface area (Å²) >= 11 is 0. The Hall–Kier alpha value is -3.28. The van der Waals surface area contributed by atoms with Crippen molar-refractivity contribution < 1.29 is 19.1 Å². The first-order valence-corrected chi connectivity index (χ1v) is 7.79. The number of carbonyl (C=O) groups excluding carboxylic acids is 2. The van der Waals surface area contributed by atoms with Gasteiger partial charge in [-0.2, -0.15) is 0 Å². The van der Waals surface area contributed by atoms with Crippen LogP contribution >= 0.6 is 0 Å². The third kappa shape index (κ3) is 3.47. The molecule has 1 amide bonds. The average Bonchev–Trinajstić information content (AvgIpc) is 3.00. The third-order valence-electron chi connectivity index (χ3n) is 3.92. The Bertz CT molecular complexity index is 913. The number of ether oxygens (including phenoxy) is 2. The predicted octanol–water partition coefficient (Wildman–Crippen LogP) is 2.40. The molecule has 3 rings (SSSR count). The van der Waals surface area contributed by atoms with Crippen molar-refractivity contribution >= 4 is 22.6 Å². The quantitative estimate of drug-likeness (QED) is 0.530. The van der Waals surface area contributed by atoms with Crippen LogP contribution in [0.25, 0.3) is 10.9 Å². The van der Waals surface area contributed by atoms with Gasteiger partial charge in [-0.05, 0) is 30.3 Å². The number of fused-ring (bicyclic) bond motifs is 1. The fourth-order valence-corrected chi connectivity index (χ4v) is 2.68. The molecule has 0 saturated heterocycles. The van der Waals surface area contributed by atoms with E-state index in [0.717, 1.165) is 17.0 Å². The summed E-state index contributed by atoms with van der Waals surface area (Å²) < 4.78 is 12.7. The van der Waals surface area contributed by atoms with Gasteiger partial charge in [0.1, 0.15) is 18.1 Å². The Morgan fingerprint density at radius 2 is 1.72 bits per heavy atom. The van der Waals surface area contributed by atoms with E-state index >= 15 is 0 Å². The standard InChI is InChI=1S/C19H18N2O4/c1-24-13-6-8-14(9-7-13)25-11-10-21-12-16(18(22)19(20)23)15-4-2-3-5-17(15)21/h2-9,12H,10-11H2,1H3,(H2,20,23). The van der Waals surface area contributed by atoms with Crippen molar-refractivity contribution in [1.29, 1.82) is 0 Å². The van der Waals surface area contributed by atoms with E-state index in [0.29, 0.717) is 24.1 Å². The summed E-state index contributed by atoms with van der Waals surface area (Å²) in [5.41, 5.74) is 6.30. The van der Waals surface area contributed by atoms with E-state index in [1.165, 1.54) is 0 Å². The number of hydrogen-bond acceptors (Lipinski definition) is 4. The molecule has 25 heavy (non-hydrogen) atoms. The van der Waals surface area contributed by atoms with Gasteiger partial charge in [-0.3, -0.25) is 9.59 Å². The van der Waals surface area contributed by atoms with Crippen LogP contribution in [0, 0.1) is 0 Å². The van der Waals surface area contributed by atoms with Crippen molar-refractivity contribution in [2.24, 2.45) is 5.73 Å². The third-order valence-corrected chi connectivity index (χ3v) is 3.92. The number of amides is 1. The SMILES string of the molecule is COc1ccc(OCCn2cc(C(=O)C(N)=O)c3ccccc32)cc1. The molecular formula is C19H18N2O4. The minimum Gasteiger partial charge on any atom is -0.497 e. The van der Waals surface area contributed by atoms with Crippen molar-refractivity contribution in [3.63, 3.8) is 0 Å². The molecule has 1 aromatic heterocycles. The topological polar surface area (TPSA) is 83.6 Å². The highest BCUT2D eigenvalue weighted by atomic mass is 16.5. The highest BCUT2D eigenvalue weighted by molar-refractivity contribution is 6.44. The molecule has 6 nitrogen and oxygen atoms in total. The molecule has 0 spiro atoms. The molecule has 0 bridgehead atoms. The number of benzene rings is 2. The Morgan fingerprint density at radius 3 is 2.40 bits per heavy atom. The van der Waals surface area contributed by atoms with E-state index in [1.54, 1.807) is 19.4 Å². The molecule has 0 saturated carbocycles. The van der Waals surface area contributed by atoms with Gasteiger partial charge in [-0.1, -0.05) is 18.2 Å². The zero-order chi connectivity index (χ0) is 17.8. The summed E-state index contributed by atoms with van der Waals surface area (Å²) in [5, 5.41) is 0.704. The van der Waals surface area contributed by atoms with Crippen LogP contribution in [0.15, 0.2) is 54.7 Å². The first-order valence-electron chi connectivity index (χ1n) is 7.79. The number of aromatic nitrogens is 1. The number of hydrogen-bond donors (Lipinski definition) is 1. The van der Waals surface area contributed by atoms with Crippen molar-refractivity contribution in [2.75, 3.05) is 13.7 Å². The second kappa shape index (κ2) is 7.09. The van der Waals surface area contributed by atoms with E-state index in [4.69, 9.17) is 15.2 Å². The predicted molar refractivity (Wildman–Crippen MR) is 94.0 cm³/mol. The van der Waals surface area contributed by atoms with Crippen LogP contribution in [0.1, 0.15) is 10.4 Å². The lowest BCUT2D eigenvalue weighted by Crippen LogP contribution is -2.22. The summed E-state index contributed by atoms with van der Waals surface area (Å²) in [5.74, 6) is -0.160. The summed E-state index contributed by atoms with van der Waals surface area (Å²) in [6.45, 7) is 0.938. The molecule has 2 aromatic carbocycles. The van der Waals surface area contributed by atoms with Crippen molar-refractivity contribution in [1.82, 2.24) is 4.57 Å². The minimum absolute atomic E-state index is 0.313. The lowest BCUT2D eigenvalue weighted by Gasteiger charge is -2.09. The molecule has 0 aliphatic rings. The molecule has 2 N–H and O–H groups in total. The van der Waals surface area contributed by atoms with E-state index in [2.05, 4.69) is 0 Å². The fourth-order valence-electron chi connectivity index (χ4n) is 2.68. The van der Waals surface area contributed by atoms with E-state index in [-0.39, 0.29) is 0 Å². The number of methoxy groups -OCH3 is 1. The molecule has 0 aliphatic heterocycles. The molecule has 0 unspecified atom stereocenters. The number of nitrogens with two attached hydrogens (primary N) is 1. The molecular weight excluding hydrogens is 320 g/mol. The second-order valence-electron chi connectivity index (χ2n) is 5.47. The van der Waals surface area contributed by atoms with Crippen LogP contribution in [0.5, 0.6) is 11.5 Å². The van der Waals surface area contributed by atoms with Crippen LogP contribution in [0.2, 0.25) is 0 Å². The van der Waals surface area contributed by atoms with Gasteiger partial charge in [0.25, 0.3) is 11.7 Å². The summed E-state index contributed by atoms with van der Waals surface area (Å²) in [4.78, 5) is 23.2. The molecule has 128 valence electrons. The number of nitrogens with zero attached hydrogens (tertiary/aromatic N) is 1. The van der Waals surface area contributed by atoms with E-state index in [1.807, 2.05) is 47.0 Å². The Balaban J connectivity index is 1.77. The van der Waals surface area contributed by atoms with Crippen LogP contribution in [0.3, 0.4) is 0 Å². The van der Waals surface area contributed by atoms with Gasteiger partial charge in [0.15, 0.2) is 0 Å². The molecule has 0 atom stereocenters. The minimum atomic E-state index is -0.961. The van der Waals surface area contributed by atoms with Crippen molar-refractivity contribution in [3.05, 3.63) is 60.3 Å². The lowest BCUT2D eigenvalue weighted by atomic mass is 10.1. The Kier molecular flexibility index (Phi) is 4.70. The van der Waals surface area contributed by atoms with Gasteiger partial charge in [-0.15, -0.1) is 0 Å². The van der Waals surface area contributed by atoms with Crippen molar-refractivity contribution in [3.8, 4) is 11.5 Å². The zero-order valence-electron chi connectivity index (χ0n) is 13.8. The monoisotopic (exact) mass is 338 g/mol. The smallest absolute Gasteiger partial charge is 0.289 e. The summed E-state index contributed by atoms with van der Waals surface area (Å²) in [6.07, 6.45) is 1.65. The van der Waals surface area contributed by atoms with Gasteiger partial charge in [0.05, 0.1) is 19.2 Å². The first-order chi connectivity index (χ1) is 12.1. The highest BCUT2D eigenvalue weighted by Gasteiger charge is 2.18. The number of ketones is 1. The second-order valence-corrected chi connectivity index (χ2v) is 5.47. The number of Topliss-reactive ketones (excluding diaryl/α,β-unsaturated/α-hetero) is 1. The lowest BCUT2D eigenvalue weighted by molar-refractivity contribution is -0.114.